The molecule has 4 aliphatic rings. The third kappa shape index (κ3) is 0.722. The number of allylic oxidation sites excluding steroid dienone is 2. The fourth-order valence-electron chi connectivity index (χ4n) is 6.02. The van der Waals surface area contributed by atoms with Gasteiger partial charge in [-0.1, -0.05) is 12.2 Å². The predicted molar refractivity (Wildman–Crippen MR) is 59.8 cm³/mol. The monoisotopic (exact) mass is 218 g/mol. The summed E-state index contributed by atoms with van der Waals surface area (Å²) in [5.41, 5.74) is 0.457. The van der Waals surface area contributed by atoms with Crippen LogP contribution in [0.3, 0.4) is 0 Å². The van der Waals surface area contributed by atoms with Crippen LogP contribution in [0.1, 0.15) is 38.5 Å². The molecule has 86 valence electrons. The molecular weight excluding hydrogens is 200 g/mol. The lowest BCUT2D eigenvalue weighted by Crippen LogP contribution is -2.53. The highest BCUT2D eigenvalue weighted by molar-refractivity contribution is 5.69. The van der Waals surface area contributed by atoms with Gasteiger partial charge in [-0.15, -0.1) is 0 Å². The zero-order valence-electron chi connectivity index (χ0n) is 9.48. The van der Waals surface area contributed by atoms with E-state index in [2.05, 4.69) is 12.2 Å². The molecule has 4 rings (SSSR count). The fraction of sp³-hybridized carbons (Fsp3) is 0.786. The minimum Gasteiger partial charge on any atom is -0.481 e. The van der Waals surface area contributed by atoms with Gasteiger partial charge in [0.15, 0.2) is 0 Å². The molecule has 2 nitrogen and oxygen atoms in total. The molecule has 2 heteroatoms. The highest BCUT2D eigenvalue weighted by Gasteiger charge is 2.74. The molecule has 3 saturated carbocycles. The summed E-state index contributed by atoms with van der Waals surface area (Å²) in [5.74, 6) is 1.81. The van der Waals surface area contributed by atoms with Crippen molar-refractivity contribution in [3.63, 3.8) is 0 Å². The molecule has 0 aromatic carbocycles. The van der Waals surface area contributed by atoms with Crippen molar-refractivity contribution in [3.8, 4) is 0 Å². The highest BCUT2D eigenvalue weighted by atomic mass is 16.4. The van der Waals surface area contributed by atoms with Gasteiger partial charge in [0.25, 0.3) is 0 Å². The molecule has 0 amide bonds. The van der Waals surface area contributed by atoms with E-state index in [1.54, 1.807) is 0 Å². The Kier molecular flexibility index (Phi) is 1.47. The van der Waals surface area contributed by atoms with Crippen molar-refractivity contribution < 1.29 is 9.90 Å². The number of aliphatic carboxylic acids is 1. The standard InChI is InChI=1S/C14H18O2/c15-12(16)8-13-5-3-9-1-2-10-7-11(4-6-13)14(9,10)13/h4,6,9-11H,1-3,5,7-8H2,(H,15,16)/t9-,10-,11-,13-,14?/m1/s1. The molecule has 0 saturated heterocycles. The van der Waals surface area contributed by atoms with E-state index in [1.165, 1.54) is 25.7 Å². The molecule has 1 spiro atoms. The Morgan fingerprint density at radius 1 is 1.31 bits per heavy atom. The van der Waals surface area contributed by atoms with E-state index in [4.69, 9.17) is 0 Å². The summed E-state index contributed by atoms with van der Waals surface area (Å²) in [6.07, 6.45) is 11.5. The van der Waals surface area contributed by atoms with E-state index in [9.17, 15) is 9.90 Å². The maximum atomic E-state index is 11.2. The van der Waals surface area contributed by atoms with Crippen molar-refractivity contribution in [1.29, 1.82) is 0 Å². The lowest BCUT2D eigenvalue weighted by molar-refractivity contribution is -0.146. The van der Waals surface area contributed by atoms with Crippen molar-refractivity contribution in [1.82, 2.24) is 0 Å². The summed E-state index contributed by atoms with van der Waals surface area (Å²) in [7, 11) is 0. The SMILES string of the molecule is O=C(O)C[C@]12C=C[C@@H]3C[C@H]4CC[C@H](CC1)C432. The van der Waals surface area contributed by atoms with E-state index in [-0.39, 0.29) is 5.41 Å². The lowest BCUT2D eigenvalue weighted by Gasteiger charge is -2.57. The predicted octanol–water partition coefficient (Wildman–Crippen LogP) is 2.84. The molecule has 3 fully saturated rings. The van der Waals surface area contributed by atoms with Crippen LogP contribution in [0, 0.1) is 28.6 Å². The van der Waals surface area contributed by atoms with Gasteiger partial charge in [0.2, 0.25) is 0 Å². The Labute approximate surface area is 95.7 Å². The largest absolute Gasteiger partial charge is 0.481 e. The number of carbonyl (C=O) groups is 1. The molecule has 5 atom stereocenters. The Bertz CT molecular complexity index is 400. The number of rotatable bonds is 2. The Morgan fingerprint density at radius 2 is 2.12 bits per heavy atom. The van der Waals surface area contributed by atoms with Gasteiger partial charge in [-0.05, 0) is 55.3 Å². The van der Waals surface area contributed by atoms with Gasteiger partial charge in [-0.3, -0.25) is 4.79 Å². The number of carboxylic acids is 1. The second-order valence-electron chi connectivity index (χ2n) is 6.37. The molecule has 16 heavy (non-hydrogen) atoms. The quantitative estimate of drug-likeness (QED) is 0.724. The zero-order valence-corrected chi connectivity index (χ0v) is 9.48. The van der Waals surface area contributed by atoms with Crippen LogP contribution in [-0.2, 0) is 4.79 Å². The lowest BCUT2D eigenvalue weighted by atomic mass is 9.46. The van der Waals surface area contributed by atoms with Gasteiger partial charge < -0.3 is 5.11 Å². The van der Waals surface area contributed by atoms with Crippen molar-refractivity contribution >= 4 is 5.97 Å². The summed E-state index contributed by atoms with van der Waals surface area (Å²) in [6, 6.07) is 0. The van der Waals surface area contributed by atoms with E-state index in [1.807, 2.05) is 0 Å². The average molecular weight is 218 g/mol. The van der Waals surface area contributed by atoms with E-state index >= 15 is 0 Å². The van der Waals surface area contributed by atoms with Crippen molar-refractivity contribution in [2.75, 3.05) is 0 Å². The van der Waals surface area contributed by atoms with Crippen LogP contribution < -0.4 is 0 Å². The summed E-state index contributed by atoms with van der Waals surface area (Å²) < 4.78 is 0. The van der Waals surface area contributed by atoms with Crippen LogP contribution in [-0.4, -0.2) is 11.1 Å². The van der Waals surface area contributed by atoms with Gasteiger partial charge in [0.1, 0.15) is 0 Å². The molecule has 0 radical (unpaired) electrons. The summed E-state index contributed by atoms with van der Waals surface area (Å²) in [6.45, 7) is 0. The summed E-state index contributed by atoms with van der Waals surface area (Å²) >= 11 is 0. The molecule has 0 aromatic heterocycles. The maximum Gasteiger partial charge on any atom is 0.304 e. The number of hydrogen-bond donors (Lipinski definition) is 1. The third-order valence-corrected chi connectivity index (χ3v) is 6.28. The van der Waals surface area contributed by atoms with Crippen molar-refractivity contribution in [3.05, 3.63) is 12.2 Å². The first-order valence-corrected chi connectivity index (χ1v) is 6.60. The first-order chi connectivity index (χ1) is 7.69. The smallest absolute Gasteiger partial charge is 0.304 e. The molecule has 0 heterocycles. The van der Waals surface area contributed by atoms with Crippen molar-refractivity contribution in [2.45, 2.75) is 38.5 Å². The normalized spacial score (nSPS) is 55.9. The van der Waals surface area contributed by atoms with Crippen LogP contribution in [0.25, 0.3) is 0 Å². The van der Waals surface area contributed by atoms with Crippen LogP contribution in [0.4, 0.5) is 0 Å². The topological polar surface area (TPSA) is 37.3 Å². The minimum atomic E-state index is -0.599. The van der Waals surface area contributed by atoms with Crippen LogP contribution in [0.15, 0.2) is 12.2 Å². The third-order valence-electron chi connectivity index (χ3n) is 6.28. The van der Waals surface area contributed by atoms with E-state index in [0.717, 1.165) is 24.2 Å². The average Bonchev–Trinajstić information content (AvgIpc) is 2.71. The molecular formula is C14H18O2. The van der Waals surface area contributed by atoms with Gasteiger partial charge in [-0.25, -0.2) is 0 Å². The summed E-state index contributed by atoms with van der Waals surface area (Å²) in [4.78, 5) is 11.2. The van der Waals surface area contributed by atoms with Gasteiger partial charge in [-0.2, -0.15) is 0 Å². The zero-order chi connectivity index (χ0) is 11.0. The molecule has 1 N–H and O–H groups in total. The Hall–Kier alpha value is -0.790. The number of hydrogen-bond acceptors (Lipinski definition) is 1. The molecule has 1 unspecified atom stereocenters. The van der Waals surface area contributed by atoms with Crippen LogP contribution in [0.5, 0.6) is 0 Å². The summed E-state index contributed by atoms with van der Waals surface area (Å²) in [5, 5.41) is 9.20. The first kappa shape index (κ1) is 9.26. The fourth-order valence-corrected chi connectivity index (χ4v) is 6.02. The van der Waals surface area contributed by atoms with Gasteiger partial charge >= 0.3 is 5.97 Å². The van der Waals surface area contributed by atoms with Crippen LogP contribution in [0.2, 0.25) is 0 Å². The number of carboxylic acid groups (broad SMARTS) is 1. The Morgan fingerprint density at radius 3 is 2.94 bits per heavy atom. The van der Waals surface area contributed by atoms with E-state index in [0.29, 0.717) is 11.8 Å². The molecule has 0 bridgehead atoms. The van der Waals surface area contributed by atoms with Gasteiger partial charge in [0, 0.05) is 5.41 Å². The highest BCUT2D eigenvalue weighted by Crippen LogP contribution is 2.80. The van der Waals surface area contributed by atoms with Crippen LogP contribution >= 0.6 is 0 Å². The van der Waals surface area contributed by atoms with Crippen molar-refractivity contribution in [2.24, 2.45) is 28.6 Å². The minimum absolute atomic E-state index is 0.0492. The molecule has 0 aliphatic heterocycles. The van der Waals surface area contributed by atoms with E-state index < -0.39 is 5.97 Å². The Balaban J connectivity index is 1.82. The first-order valence-electron chi connectivity index (χ1n) is 6.60. The second kappa shape index (κ2) is 2.55. The second-order valence-corrected chi connectivity index (χ2v) is 6.37. The van der Waals surface area contributed by atoms with Gasteiger partial charge in [0.05, 0.1) is 6.42 Å². The maximum absolute atomic E-state index is 11.2. The molecule has 0 aromatic rings. The molecule has 4 aliphatic carbocycles.